The molecule has 0 atom stereocenters. The number of anilines is 4. The van der Waals surface area contributed by atoms with E-state index in [0.29, 0.717) is 0 Å². The number of piperidine rings is 4. The molecular weight excluding hydrogens is 1280 g/mol. The van der Waals surface area contributed by atoms with E-state index < -0.39 is 0 Å². The van der Waals surface area contributed by atoms with E-state index in [9.17, 15) is 0 Å². The molecular formula is C81H114Cl4N12. The monoisotopic (exact) mass is 1390 g/mol. The van der Waals surface area contributed by atoms with Gasteiger partial charge >= 0.3 is 0 Å². The van der Waals surface area contributed by atoms with Crippen LogP contribution >= 0.6 is 46.4 Å². The Morgan fingerprint density at radius 3 is 0.742 bits per heavy atom. The maximum absolute atomic E-state index is 6.06. The number of benzene rings is 4. The van der Waals surface area contributed by atoms with Crippen LogP contribution in [0.25, 0.3) is 43.6 Å². The summed E-state index contributed by atoms with van der Waals surface area (Å²) in [7, 11) is 0. The first-order chi connectivity index (χ1) is 47.8. The standard InChI is InChI=1S/C24H36ClN3.C22H32ClN3.C18H24ClN3.C17H22ClN3/c25-21-12-13-22-23(14-16-27-24(22)20-21)26-15-8-5-3-1-2-4-6-9-17-28-18-10-7-11-19-28;23-19-10-11-20-21(12-14-25-22(20)18-19)24-13-6-3-1-2-4-7-15-26-16-8-5-9-17-26;19-15-6-7-16-17(8-10-21-18(16)14-15)20-9-2-5-13-22-11-3-1-4-12-22;18-14-5-6-15-16(7-9-20-17(15)13-14)19-8-4-12-21-10-2-1-3-11-21/h12-14,16,20H,1-11,15,17-19H2,(H,26,27);10-12,14,18H,1-9,13,15-17H2,(H,24,25);6-8,10,14H,1-5,9,11-13H2,(H,20,21);5-7,9,13H,1-4,8,10-12H2,(H,19,20). The second-order valence-corrected chi connectivity index (χ2v) is 29.2. The summed E-state index contributed by atoms with van der Waals surface area (Å²) in [6, 6.07) is 31.8. The molecule has 0 radical (unpaired) electrons. The number of nitrogens with zero attached hydrogens (tertiary/aromatic N) is 8. The van der Waals surface area contributed by atoms with Gasteiger partial charge in [-0.05, 0) is 272 Å². The predicted molar refractivity (Wildman–Crippen MR) is 421 cm³/mol. The van der Waals surface area contributed by atoms with E-state index in [4.69, 9.17) is 46.4 Å². The number of halogens is 4. The Morgan fingerprint density at radius 1 is 0.247 bits per heavy atom. The van der Waals surface area contributed by atoms with E-state index in [-0.39, 0.29) is 0 Å². The fourth-order valence-electron chi connectivity index (χ4n) is 14.2. The molecule has 12 nitrogen and oxygen atoms in total. The van der Waals surface area contributed by atoms with Crippen molar-refractivity contribution in [2.24, 2.45) is 0 Å². The van der Waals surface area contributed by atoms with E-state index in [0.717, 1.165) is 113 Å². The maximum Gasteiger partial charge on any atom is 0.0737 e. The first kappa shape index (κ1) is 75.9. The Morgan fingerprint density at radius 2 is 0.464 bits per heavy atom. The lowest BCUT2D eigenvalue weighted by Crippen LogP contribution is -2.31. The second kappa shape index (κ2) is 44.8. The Bertz CT molecular complexity index is 3480. The minimum absolute atomic E-state index is 0.734. The van der Waals surface area contributed by atoms with Crippen molar-refractivity contribution in [1.82, 2.24) is 39.5 Å². The van der Waals surface area contributed by atoms with Crippen LogP contribution in [0.1, 0.15) is 186 Å². The number of rotatable bonds is 33. The Balaban J connectivity index is 0.000000152. The molecule has 4 aliphatic rings. The van der Waals surface area contributed by atoms with E-state index >= 15 is 0 Å². The number of fused-ring (bicyclic) bond motifs is 4. The van der Waals surface area contributed by atoms with Gasteiger partial charge in [0.15, 0.2) is 0 Å². The van der Waals surface area contributed by atoms with Crippen LogP contribution < -0.4 is 21.3 Å². The third-order valence-electron chi connectivity index (χ3n) is 19.7. The highest BCUT2D eigenvalue weighted by atomic mass is 35.5. The van der Waals surface area contributed by atoms with Crippen LogP contribution in [0.3, 0.4) is 0 Å². The molecule has 4 saturated heterocycles. The number of unbranched alkanes of at least 4 members (excludes halogenated alkanes) is 13. The van der Waals surface area contributed by atoms with Crippen LogP contribution in [-0.4, -0.2) is 144 Å². The lowest BCUT2D eigenvalue weighted by atomic mass is 10.1. The van der Waals surface area contributed by atoms with Gasteiger partial charge < -0.3 is 40.9 Å². The van der Waals surface area contributed by atoms with Crippen molar-refractivity contribution in [1.29, 1.82) is 0 Å². The highest BCUT2D eigenvalue weighted by Crippen LogP contribution is 2.29. The predicted octanol–water partition coefficient (Wildman–Crippen LogP) is 21.8. The first-order valence-corrected chi connectivity index (χ1v) is 39.3. The average molecular weight is 1400 g/mol. The molecule has 8 heterocycles. The highest BCUT2D eigenvalue weighted by molar-refractivity contribution is 6.32. The molecule has 12 rings (SSSR count). The van der Waals surface area contributed by atoms with Gasteiger partial charge in [0.2, 0.25) is 0 Å². The van der Waals surface area contributed by atoms with E-state index in [2.05, 4.69) is 85.1 Å². The summed E-state index contributed by atoms with van der Waals surface area (Å²) in [4.78, 5) is 28.0. The summed E-state index contributed by atoms with van der Waals surface area (Å²) in [6.45, 7) is 19.6. The average Bonchev–Trinajstić information content (AvgIpc) is 0.978. The summed E-state index contributed by atoms with van der Waals surface area (Å²) in [5.41, 5.74) is 8.43. The molecule has 0 unspecified atom stereocenters. The quantitative estimate of drug-likeness (QED) is 0.0294. The lowest BCUT2D eigenvalue weighted by Gasteiger charge is -2.26. The summed E-state index contributed by atoms with van der Waals surface area (Å²) in [5, 5.41) is 21.7. The Kier molecular flexibility index (Phi) is 35.0. The van der Waals surface area contributed by atoms with Crippen molar-refractivity contribution < 1.29 is 0 Å². The summed E-state index contributed by atoms with van der Waals surface area (Å²) in [5.74, 6) is 0. The zero-order valence-corrected chi connectivity index (χ0v) is 61.5. The molecule has 0 spiro atoms. The Labute approximate surface area is 602 Å². The summed E-state index contributed by atoms with van der Waals surface area (Å²) in [6.07, 6.45) is 46.8. The highest BCUT2D eigenvalue weighted by Gasteiger charge is 2.14. The minimum Gasteiger partial charge on any atom is -0.384 e. The van der Waals surface area contributed by atoms with Crippen molar-refractivity contribution in [2.75, 3.05) is 126 Å². The molecule has 0 aliphatic carbocycles. The zero-order valence-electron chi connectivity index (χ0n) is 58.5. The molecule has 4 aromatic heterocycles. The van der Waals surface area contributed by atoms with E-state index in [1.807, 2.05) is 97.6 Å². The van der Waals surface area contributed by atoms with Crippen molar-refractivity contribution in [2.45, 2.75) is 186 Å². The molecule has 16 heteroatoms. The van der Waals surface area contributed by atoms with Gasteiger partial charge in [-0.25, -0.2) is 0 Å². The number of pyridine rings is 4. The molecule has 8 aromatic rings. The van der Waals surface area contributed by atoms with Gasteiger partial charge in [0.25, 0.3) is 0 Å². The fraction of sp³-hybridized carbons (Fsp3) is 0.556. The normalized spacial score (nSPS) is 15.7. The van der Waals surface area contributed by atoms with Crippen molar-refractivity contribution in [3.05, 3.63) is 142 Å². The third kappa shape index (κ3) is 28.0. The number of hydrogen-bond acceptors (Lipinski definition) is 12. The van der Waals surface area contributed by atoms with Gasteiger partial charge in [0, 0.05) is 115 Å². The van der Waals surface area contributed by atoms with Crippen molar-refractivity contribution in [3.63, 3.8) is 0 Å². The largest absolute Gasteiger partial charge is 0.384 e. The number of likely N-dealkylation sites (tertiary alicyclic amines) is 4. The minimum atomic E-state index is 0.734. The third-order valence-corrected chi connectivity index (χ3v) is 20.7. The molecule has 4 aliphatic heterocycles. The zero-order chi connectivity index (χ0) is 67.2. The van der Waals surface area contributed by atoms with Crippen LogP contribution in [-0.2, 0) is 0 Å². The van der Waals surface area contributed by atoms with Crippen molar-refractivity contribution in [3.8, 4) is 0 Å². The van der Waals surface area contributed by atoms with Crippen LogP contribution in [0.5, 0.6) is 0 Å². The van der Waals surface area contributed by atoms with E-state index in [1.165, 1.54) is 265 Å². The molecule has 0 saturated carbocycles. The van der Waals surface area contributed by atoms with E-state index in [1.54, 1.807) is 0 Å². The fourth-order valence-corrected chi connectivity index (χ4v) is 14.8. The topological polar surface area (TPSA) is 113 Å². The maximum atomic E-state index is 6.06. The first-order valence-electron chi connectivity index (χ1n) is 37.8. The van der Waals surface area contributed by atoms with Gasteiger partial charge in [-0.1, -0.05) is 136 Å². The van der Waals surface area contributed by atoms with Gasteiger partial charge in [-0.2, -0.15) is 0 Å². The summed E-state index contributed by atoms with van der Waals surface area (Å²) < 4.78 is 0. The van der Waals surface area contributed by atoms with Gasteiger partial charge in [0.1, 0.15) is 0 Å². The van der Waals surface area contributed by atoms with Crippen molar-refractivity contribution >= 4 is 113 Å². The molecule has 4 N–H and O–H groups in total. The van der Waals surface area contributed by atoms with Gasteiger partial charge in [0.05, 0.1) is 22.1 Å². The number of hydrogen-bond donors (Lipinski definition) is 4. The second-order valence-electron chi connectivity index (χ2n) is 27.4. The molecule has 97 heavy (non-hydrogen) atoms. The SMILES string of the molecule is Clc1ccc2c(NCCCCCCCCCCN3CCCCC3)ccnc2c1.Clc1ccc2c(NCCCCCCCCN3CCCCC3)ccnc2c1.Clc1ccc2c(NCCCCN3CCCCC3)ccnc2c1.Clc1ccc2c(NCCCN3CCCCC3)ccnc2c1. The molecule has 0 amide bonds. The number of aromatic nitrogens is 4. The molecule has 526 valence electrons. The molecule has 4 aromatic carbocycles. The van der Waals surface area contributed by atoms with Gasteiger partial charge in [-0.15, -0.1) is 0 Å². The van der Waals surface area contributed by atoms with Crippen LogP contribution in [0, 0.1) is 0 Å². The summed E-state index contributed by atoms with van der Waals surface area (Å²) >= 11 is 24.2. The van der Waals surface area contributed by atoms with Gasteiger partial charge in [-0.3, -0.25) is 19.9 Å². The van der Waals surface area contributed by atoms with Crippen LogP contribution in [0.4, 0.5) is 22.7 Å². The number of nitrogens with one attached hydrogen (secondary N) is 4. The van der Waals surface area contributed by atoms with Crippen LogP contribution in [0.2, 0.25) is 20.1 Å². The molecule has 0 bridgehead atoms. The van der Waals surface area contributed by atoms with Crippen LogP contribution in [0.15, 0.2) is 122 Å². The Hall–Kier alpha value is -5.28. The molecule has 4 fully saturated rings. The lowest BCUT2D eigenvalue weighted by molar-refractivity contribution is 0.224. The smallest absolute Gasteiger partial charge is 0.0737 e.